The van der Waals surface area contributed by atoms with E-state index in [1.807, 2.05) is 25.1 Å². The number of nitrogens with two attached hydrogens (primary N) is 2. The van der Waals surface area contributed by atoms with Crippen LogP contribution in [0.15, 0.2) is 42.5 Å². The van der Waals surface area contributed by atoms with Crippen LogP contribution in [0.25, 0.3) is 0 Å². The average Bonchev–Trinajstić information content (AvgIpc) is 2.41. The number of rotatable bonds is 4. The highest BCUT2D eigenvalue weighted by atomic mass is 16.5. The molecule has 0 unspecified atom stereocenters. The monoisotopic (exact) mass is 256 g/mol. The Balaban J connectivity index is 2.34. The number of primary amides is 1. The molecule has 0 saturated carbocycles. The number of para-hydroxylation sites is 1. The van der Waals surface area contributed by atoms with E-state index in [-0.39, 0.29) is 0 Å². The number of aryl methyl sites for hydroxylation is 1. The van der Waals surface area contributed by atoms with E-state index in [1.54, 1.807) is 24.3 Å². The number of hydrogen-bond donors (Lipinski definition) is 2. The van der Waals surface area contributed by atoms with Gasteiger partial charge in [0, 0.05) is 6.54 Å². The summed E-state index contributed by atoms with van der Waals surface area (Å²) in [6.07, 6.45) is 0. The van der Waals surface area contributed by atoms with Crippen LogP contribution in [-0.4, -0.2) is 5.91 Å². The Morgan fingerprint density at radius 3 is 2.53 bits per heavy atom. The Morgan fingerprint density at radius 2 is 1.89 bits per heavy atom. The highest BCUT2D eigenvalue weighted by molar-refractivity contribution is 5.95. The van der Waals surface area contributed by atoms with Crippen LogP contribution in [0, 0.1) is 6.92 Å². The van der Waals surface area contributed by atoms with Gasteiger partial charge in [-0.05, 0) is 36.2 Å². The van der Waals surface area contributed by atoms with Crippen molar-refractivity contribution in [2.75, 3.05) is 0 Å². The molecule has 0 heterocycles. The first-order chi connectivity index (χ1) is 9.11. The van der Waals surface area contributed by atoms with Gasteiger partial charge in [-0.2, -0.15) is 0 Å². The molecule has 0 radical (unpaired) electrons. The molecule has 0 aliphatic heterocycles. The SMILES string of the molecule is Cc1cc(CN)ccc1Oc1ccccc1C(N)=O. The van der Waals surface area contributed by atoms with Crippen LogP contribution in [0.2, 0.25) is 0 Å². The third-order valence-electron chi connectivity index (χ3n) is 2.85. The van der Waals surface area contributed by atoms with Gasteiger partial charge in [-0.25, -0.2) is 0 Å². The molecule has 0 spiro atoms. The average molecular weight is 256 g/mol. The molecular formula is C15H16N2O2. The summed E-state index contributed by atoms with van der Waals surface area (Å²) in [5.74, 6) is 0.635. The molecule has 4 heteroatoms. The molecule has 0 fully saturated rings. The zero-order valence-electron chi connectivity index (χ0n) is 10.7. The van der Waals surface area contributed by atoms with Crippen LogP contribution < -0.4 is 16.2 Å². The summed E-state index contributed by atoms with van der Waals surface area (Å²) in [7, 11) is 0. The predicted octanol–water partition coefficient (Wildman–Crippen LogP) is 2.34. The maximum atomic E-state index is 11.3. The molecule has 0 atom stereocenters. The van der Waals surface area contributed by atoms with Crippen molar-refractivity contribution in [2.24, 2.45) is 11.5 Å². The van der Waals surface area contributed by atoms with Crippen LogP contribution in [0.3, 0.4) is 0 Å². The molecule has 0 aliphatic rings. The largest absolute Gasteiger partial charge is 0.456 e. The molecule has 2 rings (SSSR count). The van der Waals surface area contributed by atoms with Crippen molar-refractivity contribution in [1.29, 1.82) is 0 Å². The number of ether oxygens (including phenoxy) is 1. The molecule has 0 aliphatic carbocycles. The second kappa shape index (κ2) is 5.54. The molecule has 4 N–H and O–H groups in total. The summed E-state index contributed by atoms with van der Waals surface area (Å²) in [5, 5.41) is 0. The van der Waals surface area contributed by atoms with Crippen molar-refractivity contribution in [3.8, 4) is 11.5 Å². The number of carbonyl (C=O) groups is 1. The number of amides is 1. The van der Waals surface area contributed by atoms with Gasteiger partial charge < -0.3 is 16.2 Å². The summed E-state index contributed by atoms with van der Waals surface area (Å²) < 4.78 is 5.76. The van der Waals surface area contributed by atoms with Gasteiger partial charge in [0.1, 0.15) is 11.5 Å². The summed E-state index contributed by atoms with van der Waals surface area (Å²) in [6.45, 7) is 2.42. The molecule has 4 nitrogen and oxygen atoms in total. The quantitative estimate of drug-likeness (QED) is 0.881. The first kappa shape index (κ1) is 13.1. The smallest absolute Gasteiger partial charge is 0.252 e. The Hall–Kier alpha value is -2.33. The second-order valence-electron chi connectivity index (χ2n) is 4.27. The van der Waals surface area contributed by atoms with Crippen LogP contribution in [-0.2, 0) is 6.54 Å². The lowest BCUT2D eigenvalue weighted by Gasteiger charge is -2.12. The molecule has 0 saturated heterocycles. The molecule has 1 amide bonds. The zero-order valence-corrected chi connectivity index (χ0v) is 10.7. The van der Waals surface area contributed by atoms with Gasteiger partial charge in [0.15, 0.2) is 0 Å². The topological polar surface area (TPSA) is 78.3 Å². The summed E-state index contributed by atoms with van der Waals surface area (Å²) >= 11 is 0. The first-order valence-corrected chi connectivity index (χ1v) is 5.98. The molecule has 2 aromatic rings. The summed E-state index contributed by atoms with van der Waals surface area (Å²) in [5.41, 5.74) is 13.3. The van der Waals surface area contributed by atoms with Crippen LogP contribution in [0.4, 0.5) is 0 Å². The van der Waals surface area contributed by atoms with Crippen LogP contribution in [0.1, 0.15) is 21.5 Å². The van der Waals surface area contributed by atoms with Crippen LogP contribution in [0.5, 0.6) is 11.5 Å². The first-order valence-electron chi connectivity index (χ1n) is 5.98. The molecule has 0 bridgehead atoms. The Labute approximate surface area is 112 Å². The minimum Gasteiger partial charge on any atom is -0.456 e. The molecule has 19 heavy (non-hydrogen) atoms. The number of carbonyl (C=O) groups excluding carboxylic acids is 1. The van der Waals surface area contributed by atoms with E-state index >= 15 is 0 Å². The Morgan fingerprint density at radius 1 is 1.16 bits per heavy atom. The van der Waals surface area contributed by atoms with Crippen molar-refractivity contribution in [1.82, 2.24) is 0 Å². The fraction of sp³-hybridized carbons (Fsp3) is 0.133. The van der Waals surface area contributed by atoms with Gasteiger partial charge in [0.25, 0.3) is 5.91 Å². The second-order valence-corrected chi connectivity index (χ2v) is 4.27. The molecule has 98 valence electrons. The highest BCUT2D eigenvalue weighted by Gasteiger charge is 2.10. The van der Waals surface area contributed by atoms with Gasteiger partial charge in [-0.3, -0.25) is 4.79 Å². The molecular weight excluding hydrogens is 240 g/mol. The fourth-order valence-electron chi connectivity index (χ4n) is 1.83. The standard InChI is InChI=1S/C15H16N2O2/c1-10-8-11(9-16)6-7-13(10)19-14-5-3-2-4-12(14)15(17)18/h2-8H,9,16H2,1H3,(H2,17,18). The minimum absolute atomic E-state index is 0.366. The third-order valence-corrected chi connectivity index (χ3v) is 2.85. The zero-order chi connectivity index (χ0) is 13.8. The lowest BCUT2D eigenvalue weighted by Crippen LogP contribution is -2.12. The van der Waals surface area contributed by atoms with E-state index in [1.165, 1.54) is 0 Å². The lowest BCUT2D eigenvalue weighted by molar-refractivity contribution is 0.0998. The van der Waals surface area contributed by atoms with Gasteiger partial charge in [0.05, 0.1) is 5.56 Å². The Bertz CT molecular complexity index is 609. The maximum absolute atomic E-state index is 11.3. The maximum Gasteiger partial charge on any atom is 0.252 e. The van der Waals surface area contributed by atoms with Crippen molar-refractivity contribution >= 4 is 5.91 Å². The van der Waals surface area contributed by atoms with Crippen molar-refractivity contribution in [3.05, 3.63) is 59.2 Å². The van der Waals surface area contributed by atoms with E-state index in [4.69, 9.17) is 16.2 Å². The van der Waals surface area contributed by atoms with Crippen LogP contribution >= 0.6 is 0 Å². The summed E-state index contributed by atoms with van der Waals surface area (Å²) in [6, 6.07) is 12.6. The van der Waals surface area contributed by atoms with E-state index in [0.29, 0.717) is 23.6 Å². The van der Waals surface area contributed by atoms with Gasteiger partial charge in [-0.1, -0.05) is 24.3 Å². The van der Waals surface area contributed by atoms with E-state index in [0.717, 1.165) is 11.1 Å². The predicted molar refractivity (Wildman–Crippen MR) is 74.1 cm³/mol. The number of benzene rings is 2. The lowest BCUT2D eigenvalue weighted by atomic mass is 10.1. The van der Waals surface area contributed by atoms with Gasteiger partial charge in [0.2, 0.25) is 0 Å². The van der Waals surface area contributed by atoms with E-state index < -0.39 is 5.91 Å². The molecule has 0 aromatic heterocycles. The fourth-order valence-corrected chi connectivity index (χ4v) is 1.83. The van der Waals surface area contributed by atoms with Gasteiger partial charge >= 0.3 is 0 Å². The third kappa shape index (κ3) is 2.92. The van der Waals surface area contributed by atoms with Gasteiger partial charge in [-0.15, -0.1) is 0 Å². The van der Waals surface area contributed by atoms with E-state index in [9.17, 15) is 4.79 Å². The van der Waals surface area contributed by atoms with E-state index in [2.05, 4.69) is 0 Å². The van der Waals surface area contributed by atoms with Crippen molar-refractivity contribution in [2.45, 2.75) is 13.5 Å². The Kier molecular flexibility index (Phi) is 3.82. The normalized spacial score (nSPS) is 10.2. The molecule has 2 aromatic carbocycles. The highest BCUT2D eigenvalue weighted by Crippen LogP contribution is 2.28. The number of hydrogen-bond acceptors (Lipinski definition) is 3. The summed E-state index contributed by atoms with van der Waals surface area (Å²) in [4.78, 5) is 11.3. The van der Waals surface area contributed by atoms with Crippen molar-refractivity contribution < 1.29 is 9.53 Å². The minimum atomic E-state index is -0.508. The van der Waals surface area contributed by atoms with Crippen molar-refractivity contribution in [3.63, 3.8) is 0 Å².